The minimum atomic E-state index is -1.21. The summed E-state index contributed by atoms with van der Waals surface area (Å²) in [6.45, 7) is -0.929. The molecule has 0 aliphatic rings. The van der Waals surface area contributed by atoms with E-state index in [4.69, 9.17) is 10.8 Å². The summed E-state index contributed by atoms with van der Waals surface area (Å²) in [5.74, 6) is -3.03. The summed E-state index contributed by atoms with van der Waals surface area (Å²) in [6, 6.07) is 7.37. The third-order valence-electron chi connectivity index (χ3n) is 3.31. The van der Waals surface area contributed by atoms with E-state index in [1.165, 1.54) is 0 Å². The molecule has 0 radical (unpaired) electrons. The Bertz CT molecular complexity index is 641. The van der Waals surface area contributed by atoms with Crippen molar-refractivity contribution in [3.63, 3.8) is 0 Å². The first kappa shape index (κ1) is 21.5. The number of hydrogen-bond donors (Lipinski definition) is 6. The molecule has 0 spiro atoms. The van der Waals surface area contributed by atoms with Gasteiger partial charge in [-0.1, -0.05) is 30.3 Å². The Morgan fingerprint density at radius 3 is 2.23 bits per heavy atom. The van der Waals surface area contributed by atoms with E-state index in [9.17, 15) is 19.2 Å². The molecule has 0 heterocycles. The number of nitrogens with one attached hydrogen (secondary N) is 3. The fourth-order valence-electron chi connectivity index (χ4n) is 1.98. The largest absolute Gasteiger partial charge is 0.480 e. The van der Waals surface area contributed by atoms with Crippen LogP contribution in [0.4, 0.5) is 0 Å². The zero-order chi connectivity index (χ0) is 19.5. The molecule has 0 saturated heterocycles. The van der Waals surface area contributed by atoms with E-state index < -0.39 is 42.3 Å². The average Bonchev–Trinajstić information content (AvgIpc) is 2.62. The van der Waals surface area contributed by atoms with Crippen LogP contribution in [0, 0.1) is 0 Å². The van der Waals surface area contributed by atoms with Gasteiger partial charge in [0.2, 0.25) is 17.7 Å². The molecule has 0 aromatic heterocycles. The molecule has 1 aromatic rings. The first-order valence-electron chi connectivity index (χ1n) is 7.80. The highest BCUT2D eigenvalue weighted by atomic mass is 32.1. The van der Waals surface area contributed by atoms with Gasteiger partial charge >= 0.3 is 5.97 Å². The van der Waals surface area contributed by atoms with E-state index in [0.717, 1.165) is 5.56 Å². The molecule has 26 heavy (non-hydrogen) atoms. The van der Waals surface area contributed by atoms with Crippen molar-refractivity contribution in [1.82, 2.24) is 16.0 Å². The number of amides is 3. The molecule has 2 unspecified atom stereocenters. The second-order valence-electron chi connectivity index (χ2n) is 5.43. The van der Waals surface area contributed by atoms with Gasteiger partial charge < -0.3 is 26.8 Å². The number of benzene rings is 1. The van der Waals surface area contributed by atoms with Crippen molar-refractivity contribution in [2.45, 2.75) is 18.5 Å². The van der Waals surface area contributed by atoms with Crippen molar-refractivity contribution in [2.24, 2.45) is 5.73 Å². The predicted molar refractivity (Wildman–Crippen MR) is 97.6 cm³/mol. The summed E-state index contributed by atoms with van der Waals surface area (Å²) in [5, 5.41) is 15.4. The first-order chi connectivity index (χ1) is 12.3. The molecular formula is C16H22N4O5S. The van der Waals surface area contributed by atoms with Crippen molar-refractivity contribution in [3.8, 4) is 0 Å². The van der Waals surface area contributed by atoms with Gasteiger partial charge in [-0.15, -0.1) is 0 Å². The second-order valence-corrected chi connectivity index (χ2v) is 5.79. The normalized spacial score (nSPS) is 12.5. The zero-order valence-electron chi connectivity index (χ0n) is 14.0. The third-order valence-corrected chi connectivity index (χ3v) is 3.67. The lowest BCUT2D eigenvalue weighted by Gasteiger charge is -2.17. The van der Waals surface area contributed by atoms with E-state index in [2.05, 4.69) is 28.6 Å². The van der Waals surface area contributed by atoms with Crippen LogP contribution < -0.4 is 21.7 Å². The molecule has 0 aliphatic carbocycles. The summed E-state index contributed by atoms with van der Waals surface area (Å²) in [6.07, 6.45) is 0.325. The Morgan fingerprint density at radius 1 is 1.04 bits per heavy atom. The van der Waals surface area contributed by atoms with Gasteiger partial charge in [0.25, 0.3) is 0 Å². The lowest BCUT2D eigenvalue weighted by atomic mass is 10.1. The number of thiol groups is 1. The van der Waals surface area contributed by atoms with Crippen molar-refractivity contribution >= 4 is 36.3 Å². The Balaban J connectivity index is 2.40. The molecule has 1 aromatic carbocycles. The van der Waals surface area contributed by atoms with Gasteiger partial charge in [0.05, 0.1) is 12.6 Å². The first-order valence-corrected chi connectivity index (χ1v) is 8.43. The van der Waals surface area contributed by atoms with Gasteiger partial charge in [-0.25, -0.2) is 0 Å². The lowest BCUT2D eigenvalue weighted by Crippen LogP contribution is -2.52. The lowest BCUT2D eigenvalue weighted by molar-refractivity contribution is -0.138. The molecule has 0 bridgehead atoms. The SMILES string of the molecule is NC(Cc1ccccc1)C(=O)NCC(=O)NC(CS)C(=O)NCC(=O)O. The summed E-state index contributed by atoms with van der Waals surface area (Å²) >= 11 is 3.94. The topological polar surface area (TPSA) is 151 Å². The second kappa shape index (κ2) is 11.1. The van der Waals surface area contributed by atoms with E-state index in [0.29, 0.717) is 6.42 Å². The van der Waals surface area contributed by atoms with Gasteiger partial charge in [0.1, 0.15) is 12.6 Å². The molecule has 1 rings (SSSR count). The standard InChI is InChI=1S/C16H22N4O5S/c17-11(6-10-4-2-1-3-5-10)15(24)18-7-13(21)20-12(9-26)16(25)19-8-14(22)23/h1-5,11-12,26H,6-9,17H2,(H,18,24)(H,19,25)(H,20,21)(H,22,23). The Hall–Kier alpha value is -2.59. The van der Waals surface area contributed by atoms with Crippen LogP contribution in [-0.2, 0) is 25.6 Å². The maximum absolute atomic E-state index is 11.9. The van der Waals surface area contributed by atoms with E-state index >= 15 is 0 Å². The number of carboxylic acid groups (broad SMARTS) is 1. The van der Waals surface area contributed by atoms with Crippen molar-refractivity contribution in [2.75, 3.05) is 18.8 Å². The molecule has 9 nitrogen and oxygen atoms in total. The molecule has 0 aliphatic heterocycles. The molecule has 2 atom stereocenters. The fourth-order valence-corrected chi connectivity index (χ4v) is 2.24. The van der Waals surface area contributed by atoms with E-state index in [1.54, 1.807) is 0 Å². The van der Waals surface area contributed by atoms with Gasteiger partial charge in [-0.2, -0.15) is 12.6 Å². The number of hydrogen-bond acceptors (Lipinski definition) is 6. The van der Waals surface area contributed by atoms with Gasteiger partial charge in [0, 0.05) is 5.75 Å². The van der Waals surface area contributed by atoms with Crippen LogP contribution in [0.15, 0.2) is 30.3 Å². The number of rotatable bonds is 10. The fraction of sp³-hybridized carbons (Fsp3) is 0.375. The Kier molecular flexibility index (Phi) is 9.17. The van der Waals surface area contributed by atoms with Crippen LogP contribution in [0.3, 0.4) is 0 Å². The zero-order valence-corrected chi connectivity index (χ0v) is 14.9. The number of carbonyl (C=O) groups is 4. The molecule has 0 saturated carbocycles. The molecule has 142 valence electrons. The minimum Gasteiger partial charge on any atom is -0.480 e. The molecule has 0 fully saturated rings. The monoisotopic (exact) mass is 382 g/mol. The van der Waals surface area contributed by atoms with E-state index in [-0.39, 0.29) is 12.3 Å². The molecular weight excluding hydrogens is 360 g/mol. The highest BCUT2D eigenvalue weighted by Gasteiger charge is 2.21. The minimum absolute atomic E-state index is 0.0291. The molecule has 6 N–H and O–H groups in total. The van der Waals surface area contributed by atoms with Crippen molar-refractivity contribution in [1.29, 1.82) is 0 Å². The third kappa shape index (κ3) is 7.99. The molecule has 3 amide bonds. The summed E-state index contributed by atoms with van der Waals surface area (Å²) in [4.78, 5) is 45.9. The Morgan fingerprint density at radius 2 is 1.65 bits per heavy atom. The summed E-state index contributed by atoms with van der Waals surface area (Å²) in [7, 11) is 0. The van der Waals surface area contributed by atoms with Crippen LogP contribution in [0.5, 0.6) is 0 Å². The maximum Gasteiger partial charge on any atom is 0.322 e. The van der Waals surface area contributed by atoms with Crippen LogP contribution in [0.1, 0.15) is 5.56 Å². The Labute approximate surface area is 156 Å². The van der Waals surface area contributed by atoms with Crippen LogP contribution >= 0.6 is 12.6 Å². The van der Waals surface area contributed by atoms with Crippen molar-refractivity contribution in [3.05, 3.63) is 35.9 Å². The number of carbonyl (C=O) groups excluding carboxylic acids is 3. The number of aliphatic carboxylic acids is 1. The van der Waals surface area contributed by atoms with E-state index in [1.807, 2.05) is 30.3 Å². The average molecular weight is 382 g/mol. The van der Waals surface area contributed by atoms with Crippen LogP contribution in [0.2, 0.25) is 0 Å². The summed E-state index contributed by atoms with van der Waals surface area (Å²) < 4.78 is 0. The highest BCUT2D eigenvalue weighted by Crippen LogP contribution is 2.01. The van der Waals surface area contributed by atoms with Crippen LogP contribution in [-0.4, -0.2) is 59.7 Å². The van der Waals surface area contributed by atoms with Gasteiger partial charge in [-0.3, -0.25) is 19.2 Å². The highest BCUT2D eigenvalue weighted by molar-refractivity contribution is 7.80. The smallest absolute Gasteiger partial charge is 0.322 e. The van der Waals surface area contributed by atoms with Gasteiger partial charge in [-0.05, 0) is 12.0 Å². The molecule has 10 heteroatoms. The maximum atomic E-state index is 11.9. The summed E-state index contributed by atoms with van der Waals surface area (Å²) in [5.41, 5.74) is 6.70. The van der Waals surface area contributed by atoms with Crippen LogP contribution in [0.25, 0.3) is 0 Å². The number of carboxylic acids is 1. The number of nitrogens with two attached hydrogens (primary N) is 1. The quantitative estimate of drug-likeness (QED) is 0.265. The van der Waals surface area contributed by atoms with Gasteiger partial charge in [0.15, 0.2) is 0 Å². The van der Waals surface area contributed by atoms with Crippen molar-refractivity contribution < 1.29 is 24.3 Å². The predicted octanol–water partition coefficient (Wildman–Crippen LogP) is -1.71.